The molecule has 3 rings (SSSR count). The molecule has 1 aromatic heterocycles. The first-order valence-corrected chi connectivity index (χ1v) is 6.48. The number of hydrogen-bond donors (Lipinski definition) is 2. The van der Waals surface area contributed by atoms with Gasteiger partial charge in [-0.2, -0.15) is 13.2 Å². The number of hydrogen-bond acceptors (Lipinski definition) is 3. The van der Waals surface area contributed by atoms with Crippen molar-refractivity contribution < 1.29 is 13.2 Å². The zero-order valence-corrected chi connectivity index (χ0v) is 10.4. The summed E-state index contributed by atoms with van der Waals surface area (Å²) in [5, 5.41) is 3.38. The molecule has 2 heterocycles. The van der Waals surface area contributed by atoms with Crippen molar-refractivity contribution in [3.8, 4) is 0 Å². The van der Waals surface area contributed by atoms with Crippen LogP contribution in [0.2, 0.25) is 0 Å². The van der Waals surface area contributed by atoms with Gasteiger partial charge in [0.1, 0.15) is 5.82 Å². The number of nitrogens with zero attached hydrogens (tertiary/aromatic N) is 1. The van der Waals surface area contributed by atoms with Crippen molar-refractivity contribution in [2.45, 2.75) is 31.5 Å². The maximum Gasteiger partial charge on any atom is 0.417 e. The number of nitrogens with two attached hydrogens (primary N) is 1. The van der Waals surface area contributed by atoms with Gasteiger partial charge < -0.3 is 11.1 Å². The molecule has 3 nitrogen and oxygen atoms in total. The van der Waals surface area contributed by atoms with Crippen LogP contribution in [0, 0.1) is 11.8 Å². The zero-order chi connectivity index (χ0) is 13.6. The van der Waals surface area contributed by atoms with Crippen molar-refractivity contribution >= 4 is 5.82 Å². The van der Waals surface area contributed by atoms with Gasteiger partial charge in [0.25, 0.3) is 0 Å². The van der Waals surface area contributed by atoms with Gasteiger partial charge in [0, 0.05) is 12.2 Å². The predicted molar refractivity (Wildman–Crippen MR) is 65.4 cm³/mol. The third-order valence-corrected chi connectivity index (χ3v) is 4.12. The second kappa shape index (κ2) is 4.37. The minimum atomic E-state index is -4.36. The van der Waals surface area contributed by atoms with Crippen LogP contribution in [0.5, 0.6) is 0 Å². The Morgan fingerprint density at radius 2 is 2.11 bits per heavy atom. The van der Waals surface area contributed by atoms with E-state index in [1.54, 1.807) is 0 Å². The molecular formula is C13H16F3N3. The number of halogens is 3. The summed E-state index contributed by atoms with van der Waals surface area (Å²) in [6.45, 7) is 0.974. The van der Waals surface area contributed by atoms with Crippen molar-refractivity contribution in [1.29, 1.82) is 0 Å². The monoisotopic (exact) mass is 271 g/mol. The Kier molecular flexibility index (Phi) is 2.92. The summed E-state index contributed by atoms with van der Waals surface area (Å²) in [5.41, 5.74) is 5.46. The number of pyridine rings is 1. The van der Waals surface area contributed by atoms with E-state index >= 15 is 0 Å². The molecule has 0 bridgehead atoms. The molecule has 0 unspecified atom stereocenters. The van der Waals surface area contributed by atoms with Crippen LogP contribution in [0.4, 0.5) is 19.0 Å². The van der Waals surface area contributed by atoms with Gasteiger partial charge in [-0.15, -0.1) is 0 Å². The minimum absolute atomic E-state index is 0.202. The third kappa shape index (κ3) is 2.68. The molecule has 1 saturated carbocycles. The molecule has 0 amide bonds. The number of aromatic nitrogens is 1. The largest absolute Gasteiger partial charge is 0.417 e. The minimum Gasteiger partial charge on any atom is -0.383 e. The molecule has 3 N–H and O–H groups in total. The highest BCUT2D eigenvalue weighted by Crippen LogP contribution is 2.44. The average Bonchev–Trinajstić information content (AvgIpc) is 3.09. The van der Waals surface area contributed by atoms with E-state index in [0.717, 1.165) is 37.1 Å². The molecule has 1 aromatic rings. The summed E-state index contributed by atoms with van der Waals surface area (Å²) in [4.78, 5) is 3.67. The van der Waals surface area contributed by atoms with E-state index in [0.29, 0.717) is 12.0 Å². The lowest BCUT2D eigenvalue weighted by atomic mass is 9.97. The summed E-state index contributed by atoms with van der Waals surface area (Å²) in [5.74, 6) is 1.74. The van der Waals surface area contributed by atoms with Crippen molar-refractivity contribution in [2.24, 2.45) is 11.8 Å². The normalized spacial score (nSPS) is 29.9. The smallest absolute Gasteiger partial charge is 0.383 e. The fourth-order valence-corrected chi connectivity index (χ4v) is 2.88. The molecule has 19 heavy (non-hydrogen) atoms. The molecule has 0 spiro atoms. The standard InChI is InChI=1S/C13H16F3N3/c14-13(15,16)10-2-8(12(17)19-6-10)4-11-3-7-1-9(7)5-18-11/h2,6-7,9,11,18H,1,3-5H2,(H2,17,19)/t7-,9+,11+/m1/s1. The maximum absolute atomic E-state index is 12.7. The Morgan fingerprint density at radius 1 is 1.32 bits per heavy atom. The van der Waals surface area contributed by atoms with Crippen LogP contribution in [0.3, 0.4) is 0 Å². The van der Waals surface area contributed by atoms with E-state index in [9.17, 15) is 13.2 Å². The summed E-state index contributed by atoms with van der Waals surface area (Å²) in [7, 11) is 0. The van der Waals surface area contributed by atoms with Gasteiger partial charge in [0.2, 0.25) is 0 Å². The fraction of sp³-hybridized carbons (Fsp3) is 0.615. The Bertz CT molecular complexity index is 487. The lowest BCUT2D eigenvalue weighted by molar-refractivity contribution is -0.137. The van der Waals surface area contributed by atoms with Crippen molar-refractivity contribution in [2.75, 3.05) is 12.3 Å². The van der Waals surface area contributed by atoms with E-state index in [4.69, 9.17) is 5.73 Å². The van der Waals surface area contributed by atoms with E-state index in [2.05, 4.69) is 10.3 Å². The Labute approximate surface area is 109 Å². The first-order valence-electron chi connectivity index (χ1n) is 6.48. The van der Waals surface area contributed by atoms with Gasteiger partial charge in [0.15, 0.2) is 0 Å². The van der Waals surface area contributed by atoms with Gasteiger partial charge in [-0.3, -0.25) is 0 Å². The van der Waals surface area contributed by atoms with Gasteiger partial charge in [-0.25, -0.2) is 4.98 Å². The summed E-state index contributed by atoms with van der Waals surface area (Å²) in [6, 6.07) is 1.35. The molecule has 3 atom stereocenters. The van der Waals surface area contributed by atoms with Crippen molar-refractivity contribution in [3.05, 3.63) is 23.4 Å². The summed E-state index contributed by atoms with van der Waals surface area (Å²) >= 11 is 0. The van der Waals surface area contributed by atoms with E-state index in [-0.39, 0.29) is 11.9 Å². The molecule has 2 fully saturated rings. The second-order valence-corrected chi connectivity index (χ2v) is 5.57. The third-order valence-electron chi connectivity index (χ3n) is 4.12. The van der Waals surface area contributed by atoms with E-state index in [1.807, 2.05) is 0 Å². The number of piperidine rings is 1. The predicted octanol–water partition coefficient (Wildman–Crippen LogP) is 2.22. The van der Waals surface area contributed by atoms with Crippen LogP contribution in [-0.2, 0) is 12.6 Å². The van der Waals surface area contributed by atoms with Gasteiger partial charge >= 0.3 is 6.18 Å². The lowest BCUT2D eigenvalue weighted by Gasteiger charge is -2.23. The van der Waals surface area contributed by atoms with Gasteiger partial charge in [0.05, 0.1) is 5.56 Å². The second-order valence-electron chi connectivity index (χ2n) is 5.57. The fourth-order valence-electron chi connectivity index (χ4n) is 2.88. The van der Waals surface area contributed by atoms with Crippen LogP contribution >= 0.6 is 0 Å². The van der Waals surface area contributed by atoms with E-state index < -0.39 is 11.7 Å². The molecule has 1 aliphatic carbocycles. The highest BCUT2D eigenvalue weighted by atomic mass is 19.4. The molecule has 1 aliphatic heterocycles. The number of nitrogens with one attached hydrogen (secondary N) is 1. The molecule has 6 heteroatoms. The zero-order valence-electron chi connectivity index (χ0n) is 10.4. The quantitative estimate of drug-likeness (QED) is 0.867. The topological polar surface area (TPSA) is 50.9 Å². The Morgan fingerprint density at radius 3 is 2.79 bits per heavy atom. The van der Waals surface area contributed by atoms with Crippen molar-refractivity contribution in [1.82, 2.24) is 10.3 Å². The SMILES string of the molecule is Nc1ncc(C(F)(F)F)cc1C[C@@H]1C[C@H]2C[C@H]2CN1. The molecule has 0 radical (unpaired) electrons. The molecular weight excluding hydrogens is 255 g/mol. The molecule has 104 valence electrons. The number of fused-ring (bicyclic) bond motifs is 1. The number of rotatable bonds is 2. The molecule has 1 saturated heterocycles. The summed E-state index contributed by atoms with van der Waals surface area (Å²) < 4.78 is 38.0. The Hall–Kier alpha value is -1.30. The van der Waals surface area contributed by atoms with Crippen molar-refractivity contribution in [3.63, 3.8) is 0 Å². The number of nitrogen functional groups attached to an aromatic ring is 1. The average molecular weight is 271 g/mol. The lowest BCUT2D eigenvalue weighted by Crippen LogP contribution is -2.37. The van der Waals surface area contributed by atoms with Crippen LogP contribution in [0.25, 0.3) is 0 Å². The molecule has 0 aromatic carbocycles. The van der Waals surface area contributed by atoms with Crippen LogP contribution in [0.1, 0.15) is 24.0 Å². The van der Waals surface area contributed by atoms with E-state index in [1.165, 1.54) is 6.42 Å². The Balaban J connectivity index is 1.75. The van der Waals surface area contributed by atoms with Gasteiger partial charge in [-0.05, 0) is 49.3 Å². The van der Waals surface area contributed by atoms with Crippen LogP contribution in [0.15, 0.2) is 12.3 Å². The van der Waals surface area contributed by atoms with Crippen LogP contribution < -0.4 is 11.1 Å². The first kappa shape index (κ1) is 12.7. The summed E-state index contributed by atoms with van der Waals surface area (Å²) in [6.07, 6.45) is -0.771. The highest BCUT2D eigenvalue weighted by Gasteiger charge is 2.42. The first-order chi connectivity index (χ1) is 8.93. The highest BCUT2D eigenvalue weighted by molar-refractivity contribution is 5.42. The van der Waals surface area contributed by atoms with Gasteiger partial charge in [-0.1, -0.05) is 0 Å². The number of anilines is 1. The molecule has 2 aliphatic rings. The number of alkyl halides is 3. The van der Waals surface area contributed by atoms with Crippen LogP contribution in [-0.4, -0.2) is 17.6 Å². The maximum atomic E-state index is 12.7.